The highest BCUT2D eigenvalue weighted by molar-refractivity contribution is 9.10. The number of rotatable bonds is 4. The fourth-order valence-electron chi connectivity index (χ4n) is 2.36. The van der Waals surface area contributed by atoms with E-state index in [0.717, 1.165) is 21.7 Å². The maximum atomic E-state index is 10.9. The van der Waals surface area contributed by atoms with Crippen molar-refractivity contribution in [2.75, 3.05) is 0 Å². The van der Waals surface area contributed by atoms with E-state index in [1.54, 1.807) is 24.3 Å². The predicted octanol–water partition coefficient (Wildman–Crippen LogP) is 5.25. The molecule has 2 aromatic rings. The molecule has 0 radical (unpaired) electrons. The summed E-state index contributed by atoms with van der Waals surface area (Å²) in [7, 11) is 0. The van der Waals surface area contributed by atoms with Gasteiger partial charge in [-0.25, -0.2) is 0 Å². The first-order chi connectivity index (χ1) is 9.56. The molecular weight excluding hydrogens is 338 g/mol. The molecule has 1 aromatic carbocycles. The first-order valence-corrected chi connectivity index (χ1v) is 8.20. The first-order valence-electron chi connectivity index (χ1n) is 6.59. The predicted molar refractivity (Wildman–Crippen MR) is 86.6 cm³/mol. The number of nitro groups is 1. The van der Waals surface area contributed by atoms with Crippen LogP contribution < -0.4 is 0 Å². The monoisotopic (exact) mass is 351 g/mol. The molecule has 20 heavy (non-hydrogen) atoms. The highest BCUT2D eigenvalue weighted by Crippen LogP contribution is 2.42. The molecule has 0 aliphatic heterocycles. The molecule has 1 heterocycles. The molecule has 104 valence electrons. The van der Waals surface area contributed by atoms with E-state index in [2.05, 4.69) is 22.0 Å². The van der Waals surface area contributed by atoms with Crippen molar-refractivity contribution >= 4 is 43.4 Å². The molecule has 1 saturated carbocycles. The molecule has 0 N–H and O–H groups in total. The van der Waals surface area contributed by atoms with Crippen molar-refractivity contribution < 1.29 is 4.92 Å². The minimum Gasteiger partial charge on any atom is -0.259 e. The summed E-state index contributed by atoms with van der Waals surface area (Å²) in [5.74, 6) is 0.753. The molecule has 1 aliphatic carbocycles. The normalized spacial score (nSPS) is 15.8. The van der Waals surface area contributed by atoms with Crippen molar-refractivity contribution in [1.29, 1.82) is 0 Å². The second kappa shape index (κ2) is 5.30. The van der Waals surface area contributed by atoms with Gasteiger partial charge in [-0.2, -0.15) is 0 Å². The quantitative estimate of drug-likeness (QED) is 0.557. The van der Waals surface area contributed by atoms with Crippen molar-refractivity contribution in [3.8, 4) is 0 Å². The third-order valence-electron chi connectivity index (χ3n) is 3.61. The van der Waals surface area contributed by atoms with Crippen LogP contribution in [0.3, 0.4) is 0 Å². The molecule has 0 unspecified atom stereocenters. The van der Waals surface area contributed by atoms with Gasteiger partial charge in [0.25, 0.3) is 0 Å². The van der Waals surface area contributed by atoms with Crippen molar-refractivity contribution in [3.63, 3.8) is 0 Å². The Morgan fingerprint density at radius 2 is 2.30 bits per heavy atom. The molecule has 0 spiro atoms. The van der Waals surface area contributed by atoms with Crippen molar-refractivity contribution in [1.82, 2.24) is 0 Å². The summed E-state index contributed by atoms with van der Waals surface area (Å²) in [5, 5.41) is 12.1. The van der Waals surface area contributed by atoms with Crippen molar-refractivity contribution in [2.24, 2.45) is 5.92 Å². The lowest BCUT2D eigenvalue weighted by Crippen LogP contribution is -1.94. The number of benzene rings is 1. The summed E-state index contributed by atoms with van der Waals surface area (Å²) in [4.78, 5) is 11.6. The molecule has 5 heteroatoms. The van der Waals surface area contributed by atoms with Crippen LogP contribution in [0, 0.1) is 16.0 Å². The highest BCUT2D eigenvalue weighted by atomic mass is 79.9. The van der Waals surface area contributed by atoms with E-state index >= 15 is 0 Å². The second-order valence-electron chi connectivity index (χ2n) is 5.25. The number of halogens is 1. The Bertz CT molecular complexity index is 716. The molecule has 0 bridgehead atoms. The molecule has 0 amide bonds. The lowest BCUT2D eigenvalue weighted by atomic mass is 10.0. The van der Waals surface area contributed by atoms with Gasteiger partial charge in [0.05, 0.1) is 4.92 Å². The Kier molecular flexibility index (Phi) is 3.65. The SMILES string of the molecule is C/C(=C\c1sc2cccc(Br)c2c1CC1CC1)[N+](=O)[O-]. The standard InChI is InChI=1S/C15H14BrNO2S/c1-9(17(18)19)7-14-11(8-10-5-6-10)15-12(16)3-2-4-13(15)20-14/h2-4,7,10H,5-6,8H2,1H3/b9-7+. The summed E-state index contributed by atoms with van der Waals surface area (Å²) >= 11 is 5.26. The van der Waals surface area contributed by atoms with E-state index < -0.39 is 0 Å². The third-order valence-corrected chi connectivity index (χ3v) is 5.42. The molecule has 0 saturated heterocycles. The number of allylic oxidation sites excluding steroid dienone is 1. The van der Waals surface area contributed by atoms with E-state index in [0.29, 0.717) is 0 Å². The summed E-state index contributed by atoms with van der Waals surface area (Å²) in [6, 6.07) is 6.14. The lowest BCUT2D eigenvalue weighted by Gasteiger charge is -2.02. The Balaban J connectivity index is 2.17. The van der Waals surface area contributed by atoms with Gasteiger partial charge in [-0.05, 0) is 42.9 Å². The van der Waals surface area contributed by atoms with Crippen LogP contribution in [0.4, 0.5) is 0 Å². The number of fused-ring (bicyclic) bond motifs is 1. The van der Waals surface area contributed by atoms with Crippen LogP contribution in [0.25, 0.3) is 16.2 Å². The molecule has 1 aliphatic rings. The van der Waals surface area contributed by atoms with Crippen LogP contribution in [-0.4, -0.2) is 4.92 Å². The zero-order valence-electron chi connectivity index (χ0n) is 11.1. The van der Waals surface area contributed by atoms with Crippen LogP contribution in [0.5, 0.6) is 0 Å². The van der Waals surface area contributed by atoms with Crippen molar-refractivity contribution in [3.05, 3.63) is 48.9 Å². The lowest BCUT2D eigenvalue weighted by molar-refractivity contribution is -0.422. The van der Waals surface area contributed by atoms with Gasteiger partial charge in [0, 0.05) is 32.4 Å². The van der Waals surface area contributed by atoms with E-state index in [4.69, 9.17) is 0 Å². The van der Waals surface area contributed by atoms with E-state index in [1.165, 1.54) is 28.5 Å². The van der Waals surface area contributed by atoms with Crippen LogP contribution in [0.15, 0.2) is 28.4 Å². The van der Waals surface area contributed by atoms with Gasteiger partial charge >= 0.3 is 0 Å². The van der Waals surface area contributed by atoms with Gasteiger partial charge in [0.1, 0.15) is 0 Å². The third kappa shape index (κ3) is 2.65. The zero-order valence-corrected chi connectivity index (χ0v) is 13.5. The van der Waals surface area contributed by atoms with E-state index in [9.17, 15) is 10.1 Å². The molecule has 0 atom stereocenters. The van der Waals surface area contributed by atoms with Gasteiger partial charge < -0.3 is 0 Å². The van der Waals surface area contributed by atoms with Crippen LogP contribution >= 0.6 is 27.3 Å². The van der Waals surface area contributed by atoms with E-state index in [1.807, 2.05) is 12.1 Å². The van der Waals surface area contributed by atoms with Crippen molar-refractivity contribution in [2.45, 2.75) is 26.2 Å². The smallest absolute Gasteiger partial charge is 0.244 e. The van der Waals surface area contributed by atoms with E-state index in [-0.39, 0.29) is 10.6 Å². The Morgan fingerprint density at radius 3 is 2.95 bits per heavy atom. The van der Waals surface area contributed by atoms with Crippen LogP contribution in [-0.2, 0) is 6.42 Å². The highest BCUT2D eigenvalue weighted by Gasteiger charge is 2.25. The van der Waals surface area contributed by atoms with Gasteiger partial charge in [0.2, 0.25) is 5.70 Å². The largest absolute Gasteiger partial charge is 0.259 e. The Morgan fingerprint density at radius 1 is 1.55 bits per heavy atom. The molecule has 3 rings (SSSR count). The first kappa shape index (κ1) is 13.8. The second-order valence-corrected chi connectivity index (χ2v) is 7.19. The summed E-state index contributed by atoms with van der Waals surface area (Å²) < 4.78 is 2.28. The average Bonchev–Trinajstić information content (AvgIpc) is 3.13. The summed E-state index contributed by atoms with van der Waals surface area (Å²) in [5.41, 5.74) is 1.46. The van der Waals surface area contributed by atoms with Crippen LogP contribution in [0.2, 0.25) is 0 Å². The maximum absolute atomic E-state index is 10.9. The molecule has 1 fully saturated rings. The van der Waals surface area contributed by atoms with Crippen LogP contribution in [0.1, 0.15) is 30.2 Å². The number of hydrogen-bond acceptors (Lipinski definition) is 3. The molecule has 1 aromatic heterocycles. The molecular formula is C15H14BrNO2S. The number of hydrogen-bond donors (Lipinski definition) is 0. The van der Waals surface area contributed by atoms with Gasteiger partial charge in [0.15, 0.2) is 0 Å². The minimum absolute atomic E-state index is 0.199. The number of thiophene rings is 1. The molecule has 3 nitrogen and oxygen atoms in total. The van der Waals surface area contributed by atoms with Gasteiger partial charge in [-0.15, -0.1) is 11.3 Å². The summed E-state index contributed by atoms with van der Waals surface area (Å²) in [6.45, 7) is 1.56. The Hall–Kier alpha value is -1.20. The minimum atomic E-state index is -0.319. The fraction of sp³-hybridized carbons (Fsp3) is 0.333. The van der Waals surface area contributed by atoms with Gasteiger partial charge in [-0.3, -0.25) is 10.1 Å². The summed E-state index contributed by atoms with van der Waals surface area (Å²) in [6.07, 6.45) is 5.30. The number of nitrogens with zero attached hydrogens (tertiary/aromatic N) is 1. The zero-order chi connectivity index (χ0) is 14.3. The fourth-order valence-corrected chi connectivity index (χ4v) is 4.35. The maximum Gasteiger partial charge on any atom is 0.244 e. The van der Waals surface area contributed by atoms with Gasteiger partial charge in [-0.1, -0.05) is 22.0 Å². The Labute approximate surface area is 129 Å². The average molecular weight is 352 g/mol. The topological polar surface area (TPSA) is 43.1 Å².